The molecule has 1 aromatic carbocycles. The van der Waals surface area contributed by atoms with Crippen LogP contribution < -0.4 is 0 Å². The zero-order chi connectivity index (χ0) is 16.3. The highest BCUT2D eigenvalue weighted by Gasteiger charge is 2.36. The minimum absolute atomic E-state index is 0.385. The van der Waals surface area contributed by atoms with E-state index in [0.717, 1.165) is 23.1 Å². The molecule has 1 heterocycles. The van der Waals surface area contributed by atoms with Gasteiger partial charge in [0, 0.05) is 6.08 Å². The highest BCUT2D eigenvalue weighted by atomic mass is 19.2. The third-order valence-electron chi connectivity index (χ3n) is 3.63. The van der Waals surface area contributed by atoms with E-state index in [4.69, 9.17) is 0 Å². The highest BCUT2D eigenvalue weighted by molar-refractivity contribution is 5.82. The molecule has 1 aromatic rings. The van der Waals surface area contributed by atoms with Gasteiger partial charge in [-0.3, -0.25) is 4.90 Å². The molecule has 0 aliphatic carbocycles. The Hall–Kier alpha value is -2.44. The zero-order valence-electron chi connectivity index (χ0n) is 11.8. The van der Waals surface area contributed by atoms with Crippen LogP contribution in [0, 0.1) is 11.6 Å². The number of rotatable bonds is 3. The van der Waals surface area contributed by atoms with Crippen molar-refractivity contribution in [3.8, 4) is 0 Å². The van der Waals surface area contributed by atoms with Gasteiger partial charge in [-0.05, 0) is 30.5 Å². The Bertz CT molecular complexity index is 618. The van der Waals surface area contributed by atoms with Crippen molar-refractivity contribution in [2.45, 2.75) is 24.9 Å². The van der Waals surface area contributed by atoms with Gasteiger partial charge in [0.15, 0.2) is 11.6 Å². The maximum absolute atomic E-state index is 13.3. The Morgan fingerprint density at radius 1 is 1.32 bits per heavy atom. The molecule has 1 aliphatic heterocycles. The van der Waals surface area contributed by atoms with Gasteiger partial charge in [0.25, 0.3) is 0 Å². The number of carbonyl (C=O) groups is 2. The van der Waals surface area contributed by atoms with Crippen molar-refractivity contribution in [2.24, 2.45) is 0 Å². The van der Waals surface area contributed by atoms with E-state index in [1.165, 1.54) is 19.3 Å². The Kier molecular flexibility index (Phi) is 4.75. The second-order valence-electron chi connectivity index (χ2n) is 4.91. The smallest absolute Gasteiger partial charge is 0.408 e. The van der Waals surface area contributed by atoms with Gasteiger partial charge in [-0.2, -0.15) is 0 Å². The van der Waals surface area contributed by atoms with E-state index in [2.05, 4.69) is 4.74 Å². The molecule has 22 heavy (non-hydrogen) atoms. The first-order chi connectivity index (χ1) is 10.4. The van der Waals surface area contributed by atoms with Gasteiger partial charge in [0.1, 0.15) is 0 Å². The zero-order valence-corrected chi connectivity index (χ0v) is 11.8. The van der Waals surface area contributed by atoms with Crippen LogP contribution in [0.2, 0.25) is 0 Å². The van der Waals surface area contributed by atoms with Crippen molar-refractivity contribution in [2.75, 3.05) is 7.11 Å². The molecule has 0 radical (unpaired) electrons. The summed E-state index contributed by atoms with van der Waals surface area (Å²) in [5.74, 6) is -2.58. The molecule has 2 rings (SSSR count). The lowest BCUT2D eigenvalue weighted by Crippen LogP contribution is -2.35. The van der Waals surface area contributed by atoms with Crippen LogP contribution in [0.5, 0.6) is 0 Å². The number of esters is 1. The summed E-state index contributed by atoms with van der Waals surface area (Å²) in [5.41, 5.74) is 0.385. The molecule has 0 unspecified atom stereocenters. The van der Waals surface area contributed by atoms with Crippen molar-refractivity contribution in [3.05, 3.63) is 47.5 Å². The van der Waals surface area contributed by atoms with Crippen molar-refractivity contribution in [1.82, 2.24) is 4.90 Å². The van der Waals surface area contributed by atoms with Crippen molar-refractivity contribution >= 4 is 12.1 Å². The Labute approximate surface area is 125 Å². The van der Waals surface area contributed by atoms with E-state index in [-0.39, 0.29) is 0 Å². The van der Waals surface area contributed by atoms with Gasteiger partial charge < -0.3 is 9.84 Å². The lowest BCUT2D eigenvalue weighted by atomic mass is 10.0. The van der Waals surface area contributed by atoms with Crippen molar-refractivity contribution in [3.63, 3.8) is 0 Å². The van der Waals surface area contributed by atoms with Gasteiger partial charge in [0.05, 0.1) is 19.2 Å². The fraction of sp³-hybridized carbons (Fsp3) is 0.333. The molecule has 0 saturated carbocycles. The number of hydrogen-bond donors (Lipinski definition) is 1. The molecular formula is C15H15F2NO4. The number of carbonyl (C=O) groups excluding carboxylic acids is 1. The molecule has 1 N–H and O–H groups in total. The largest absolute Gasteiger partial charge is 0.466 e. The van der Waals surface area contributed by atoms with Crippen LogP contribution in [0.25, 0.3) is 0 Å². The molecule has 0 spiro atoms. The predicted molar refractivity (Wildman–Crippen MR) is 73.1 cm³/mol. The summed E-state index contributed by atoms with van der Waals surface area (Å²) in [6, 6.07) is 2.24. The first-order valence-electron chi connectivity index (χ1n) is 6.66. The van der Waals surface area contributed by atoms with E-state index in [1.54, 1.807) is 0 Å². The molecular weight excluding hydrogens is 296 g/mol. The minimum atomic E-state index is -1.19. The fourth-order valence-corrected chi connectivity index (χ4v) is 2.61. The van der Waals surface area contributed by atoms with E-state index >= 15 is 0 Å². The van der Waals surface area contributed by atoms with Crippen LogP contribution in [0.1, 0.15) is 24.4 Å². The van der Waals surface area contributed by atoms with Crippen LogP contribution in [0.4, 0.5) is 13.6 Å². The van der Waals surface area contributed by atoms with Crippen LogP contribution in [0.15, 0.2) is 30.4 Å². The topological polar surface area (TPSA) is 66.8 Å². The monoisotopic (exact) mass is 311 g/mol. The summed E-state index contributed by atoms with van der Waals surface area (Å²) in [5, 5.41) is 9.37. The molecule has 1 saturated heterocycles. The lowest BCUT2D eigenvalue weighted by molar-refractivity contribution is -0.134. The van der Waals surface area contributed by atoms with Crippen LogP contribution in [-0.2, 0) is 9.53 Å². The normalized spacial score (nSPS) is 21.3. The number of carboxylic acid groups (broad SMARTS) is 1. The third kappa shape index (κ3) is 3.24. The number of halogens is 2. The summed E-state index contributed by atoms with van der Waals surface area (Å²) in [6.45, 7) is 0. The molecule has 1 fully saturated rings. The van der Waals surface area contributed by atoms with Crippen molar-refractivity contribution < 1.29 is 28.2 Å². The molecule has 1 aliphatic rings. The maximum Gasteiger partial charge on any atom is 0.408 e. The Morgan fingerprint density at radius 2 is 2.05 bits per heavy atom. The molecule has 0 bridgehead atoms. The SMILES string of the molecule is COC(=O)C=C[C@@H]1CC[C@H](c2ccc(F)c(F)c2)N1C(=O)O. The van der Waals surface area contributed by atoms with E-state index in [1.807, 2.05) is 0 Å². The van der Waals surface area contributed by atoms with E-state index in [0.29, 0.717) is 18.4 Å². The number of nitrogens with zero attached hydrogens (tertiary/aromatic N) is 1. The molecule has 2 atom stereocenters. The average molecular weight is 311 g/mol. The summed E-state index contributed by atoms with van der Waals surface area (Å²) in [7, 11) is 1.22. The minimum Gasteiger partial charge on any atom is -0.466 e. The van der Waals surface area contributed by atoms with Crippen LogP contribution >= 0.6 is 0 Å². The van der Waals surface area contributed by atoms with Gasteiger partial charge >= 0.3 is 12.1 Å². The lowest BCUT2D eigenvalue weighted by Gasteiger charge is -2.26. The molecule has 118 valence electrons. The summed E-state index contributed by atoms with van der Waals surface area (Å²) >= 11 is 0. The van der Waals surface area contributed by atoms with Gasteiger partial charge in [-0.25, -0.2) is 18.4 Å². The standard InChI is InChI=1S/C15H15F2NO4/c1-22-14(19)7-4-10-3-6-13(18(10)15(20)21)9-2-5-11(16)12(17)8-9/h2,4-5,7-8,10,13H,3,6H2,1H3,(H,20,21)/t10-,13+/m0/s1. The number of likely N-dealkylation sites (tertiary alicyclic amines) is 1. The number of methoxy groups -OCH3 is 1. The fourth-order valence-electron chi connectivity index (χ4n) is 2.61. The van der Waals surface area contributed by atoms with E-state index in [9.17, 15) is 23.5 Å². The average Bonchev–Trinajstić information content (AvgIpc) is 2.91. The van der Waals surface area contributed by atoms with Crippen LogP contribution in [0.3, 0.4) is 0 Å². The predicted octanol–water partition coefficient (Wildman–Crippen LogP) is 2.88. The second-order valence-corrected chi connectivity index (χ2v) is 4.91. The highest BCUT2D eigenvalue weighted by Crippen LogP contribution is 2.37. The maximum atomic E-state index is 13.3. The van der Waals surface area contributed by atoms with Crippen molar-refractivity contribution in [1.29, 1.82) is 0 Å². The molecule has 0 aromatic heterocycles. The summed E-state index contributed by atoms with van der Waals surface area (Å²) < 4.78 is 30.8. The Balaban J connectivity index is 2.25. The first kappa shape index (κ1) is 15.9. The third-order valence-corrected chi connectivity index (χ3v) is 3.63. The Morgan fingerprint density at radius 3 is 2.64 bits per heavy atom. The van der Waals surface area contributed by atoms with E-state index < -0.39 is 35.8 Å². The number of hydrogen-bond acceptors (Lipinski definition) is 3. The number of benzene rings is 1. The summed E-state index contributed by atoms with van der Waals surface area (Å²) in [6.07, 6.45) is 2.34. The number of ether oxygens (including phenoxy) is 1. The molecule has 5 nitrogen and oxygen atoms in total. The van der Waals surface area contributed by atoms with Crippen LogP contribution in [-0.4, -0.2) is 35.2 Å². The second kappa shape index (κ2) is 6.55. The molecule has 1 amide bonds. The molecule has 7 heteroatoms. The first-order valence-corrected chi connectivity index (χ1v) is 6.66. The quantitative estimate of drug-likeness (QED) is 0.688. The summed E-state index contributed by atoms with van der Waals surface area (Å²) in [4.78, 5) is 23.7. The number of amides is 1. The van der Waals surface area contributed by atoms with Gasteiger partial charge in [-0.1, -0.05) is 12.1 Å². The van der Waals surface area contributed by atoms with Gasteiger partial charge in [0.2, 0.25) is 0 Å². The van der Waals surface area contributed by atoms with Gasteiger partial charge in [-0.15, -0.1) is 0 Å².